The van der Waals surface area contributed by atoms with E-state index in [1.54, 1.807) is 0 Å². The molecule has 8 nitrogen and oxygen atoms in total. The first-order valence-corrected chi connectivity index (χ1v) is 7.42. The number of phenolic OH excluding ortho intramolecular Hbond substituents is 1. The number of phenols is 1. The summed E-state index contributed by atoms with van der Waals surface area (Å²) in [6.45, 7) is 0. The third-order valence-electron chi connectivity index (χ3n) is 3.40. The number of rotatable bonds is 7. The number of nitrogens with one attached hydrogen (secondary N) is 1. The Bertz CT molecular complexity index is 790. The molecular weight excluding hydrogens is 326 g/mol. The molecule has 0 aliphatic carbocycles. The molecule has 0 heterocycles. The van der Waals surface area contributed by atoms with Crippen LogP contribution in [0.5, 0.6) is 11.5 Å². The zero-order valence-electron chi connectivity index (χ0n) is 13.5. The van der Waals surface area contributed by atoms with E-state index in [0.29, 0.717) is 6.42 Å². The van der Waals surface area contributed by atoms with Gasteiger partial charge in [0, 0.05) is 12.0 Å². The number of aromatic hydroxyl groups is 1. The second-order valence-electron chi connectivity index (χ2n) is 5.12. The number of amides is 1. The maximum atomic E-state index is 11.8. The van der Waals surface area contributed by atoms with Gasteiger partial charge in [0.05, 0.1) is 24.3 Å². The van der Waals surface area contributed by atoms with Gasteiger partial charge < -0.3 is 9.84 Å². The lowest BCUT2D eigenvalue weighted by Crippen LogP contribution is -2.17. The van der Waals surface area contributed by atoms with Crippen molar-refractivity contribution in [3.63, 3.8) is 0 Å². The molecule has 0 aliphatic heterocycles. The van der Waals surface area contributed by atoms with Crippen molar-refractivity contribution in [2.45, 2.75) is 12.8 Å². The van der Waals surface area contributed by atoms with Crippen molar-refractivity contribution in [1.82, 2.24) is 5.43 Å². The predicted octanol–water partition coefficient (Wildman–Crippen LogP) is 2.39. The Hall–Kier alpha value is -3.42. The molecule has 0 radical (unpaired) electrons. The van der Waals surface area contributed by atoms with Crippen LogP contribution in [-0.4, -0.2) is 29.3 Å². The van der Waals surface area contributed by atoms with E-state index in [2.05, 4.69) is 10.5 Å². The largest absolute Gasteiger partial charge is 0.502 e. The van der Waals surface area contributed by atoms with Crippen molar-refractivity contribution in [3.05, 3.63) is 63.7 Å². The predicted molar refractivity (Wildman–Crippen MR) is 91.8 cm³/mol. The molecular formula is C17H17N3O5. The van der Waals surface area contributed by atoms with Crippen LogP contribution in [0.1, 0.15) is 17.5 Å². The van der Waals surface area contributed by atoms with Crippen LogP contribution in [0, 0.1) is 10.1 Å². The molecule has 0 unspecified atom stereocenters. The maximum absolute atomic E-state index is 11.8. The Morgan fingerprint density at radius 3 is 2.72 bits per heavy atom. The minimum absolute atomic E-state index is 0.0643. The van der Waals surface area contributed by atoms with E-state index >= 15 is 0 Å². The molecule has 2 N–H and O–H groups in total. The van der Waals surface area contributed by atoms with Gasteiger partial charge in [0.25, 0.3) is 0 Å². The molecule has 0 atom stereocenters. The van der Waals surface area contributed by atoms with E-state index < -0.39 is 16.4 Å². The van der Waals surface area contributed by atoms with Gasteiger partial charge in [-0.05, 0) is 18.1 Å². The Kier molecular flexibility index (Phi) is 6.05. The molecule has 0 saturated heterocycles. The van der Waals surface area contributed by atoms with Crippen molar-refractivity contribution in [1.29, 1.82) is 0 Å². The van der Waals surface area contributed by atoms with Gasteiger partial charge in [0.15, 0.2) is 0 Å². The Morgan fingerprint density at radius 1 is 1.36 bits per heavy atom. The summed E-state index contributed by atoms with van der Waals surface area (Å²) >= 11 is 0. The van der Waals surface area contributed by atoms with Crippen molar-refractivity contribution in [2.75, 3.05) is 7.11 Å². The highest BCUT2D eigenvalue weighted by Crippen LogP contribution is 2.33. The number of hydrogen-bond acceptors (Lipinski definition) is 6. The average molecular weight is 343 g/mol. The van der Waals surface area contributed by atoms with Crippen molar-refractivity contribution in [2.24, 2.45) is 5.10 Å². The number of benzene rings is 2. The second-order valence-corrected chi connectivity index (χ2v) is 5.12. The van der Waals surface area contributed by atoms with Crippen LogP contribution in [0.15, 0.2) is 47.6 Å². The molecule has 1 amide bonds. The summed E-state index contributed by atoms with van der Waals surface area (Å²) in [5.41, 5.74) is 2.91. The standard InChI is InChI=1S/C17H17N3O5/c1-25-14-9-13(17(22)15(10-14)20(23)24)11-18-19-16(21)8-7-12-5-3-2-4-6-12/h2-6,9-11,22H,7-8H2,1H3,(H,19,21)/b18-11-. The van der Waals surface area contributed by atoms with Crippen molar-refractivity contribution in [3.8, 4) is 11.5 Å². The fourth-order valence-corrected chi connectivity index (χ4v) is 2.10. The van der Waals surface area contributed by atoms with E-state index in [-0.39, 0.29) is 23.6 Å². The number of methoxy groups -OCH3 is 1. The smallest absolute Gasteiger partial charge is 0.315 e. The van der Waals surface area contributed by atoms with Gasteiger partial charge in [-0.15, -0.1) is 0 Å². The molecule has 2 rings (SSSR count). The first-order chi connectivity index (χ1) is 12.0. The molecule has 0 aliphatic rings. The van der Waals surface area contributed by atoms with Gasteiger partial charge in [-0.2, -0.15) is 5.10 Å². The minimum atomic E-state index is -0.729. The van der Waals surface area contributed by atoms with Gasteiger partial charge in [0.2, 0.25) is 11.7 Å². The number of hydrogen-bond donors (Lipinski definition) is 2. The quantitative estimate of drug-likeness (QED) is 0.455. The van der Waals surface area contributed by atoms with Crippen molar-refractivity contribution >= 4 is 17.8 Å². The summed E-state index contributed by atoms with van der Waals surface area (Å²) in [7, 11) is 1.35. The fourth-order valence-electron chi connectivity index (χ4n) is 2.10. The molecule has 130 valence electrons. The number of carbonyl (C=O) groups excluding carboxylic acids is 1. The Labute approximate surface area is 143 Å². The molecule has 8 heteroatoms. The maximum Gasteiger partial charge on any atom is 0.315 e. The highest BCUT2D eigenvalue weighted by Gasteiger charge is 2.18. The minimum Gasteiger partial charge on any atom is -0.502 e. The Morgan fingerprint density at radius 2 is 2.08 bits per heavy atom. The van der Waals surface area contributed by atoms with Crippen molar-refractivity contribution < 1.29 is 19.6 Å². The molecule has 0 aromatic heterocycles. The lowest BCUT2D eigenvalue weighted by molar-refractivity contribution is -0.385. The number of nitrogens with zero attached hydrogens (tertiary/aromatic N) is 2. The molecule has 0 fully saturated rings. The van der Waals surface area contributed by atoms with E-state index in [9.17, 15) is 20.0 Å². The van der Waals surface area contributed by atoms with Gasteiger partial charge in [-0.25, -0.2) is 5.43 Å². The first kappa shape index (κ1) is 17.9. The van der Waals surface area contributed by atoms with E-state index in [0.717, 1.165) is 17.8 Å². The number of ether oxygens (including phenoxy) is 1. The van der Waals surface area contributed by atoms with Crippen LogP contribution >= 0.6 is 0 Å². The first-order valence-electron chi connectivity index (χ1n) is 7.42. The number of hydrazone groups is 1. The lowest BCUT2D eigenvalue weighted by atomic mass is 10.1. The SMILES string of the molecule is COc1cc(/C=N\NC(=O)CCc2ccccc2)c(O)c([N+](=O)[O-])c1. The van der Waals surface area contributed by atoms with Crippen LogP contribution in [0.3, 0.4) is 0 Å². The second kappa shape index (κ2) is 8.44. The van der Waals surface area contributed by atoms with E-state index in [1.165, 1.54) is 13.2 Å². The van der Waals surface area contributed by atoms with Crippen LogP contribution in [0.2, 0.25) is 0 Å². The van der Waals surface area contributed by atoms with Gasteiger partial charge in [-0.1, -0.05) is 30.3 Å². The molecule has 0 saturated carbocycles. The zero-order valence-corrected chi connectivity index (χ0v) is 13.5. The molecule has 2 aromatic rings. The average Bonchev–Trinajstić information content (AvgIpc) is 2.62. The molecule has 0 spiro atoms. The third-order valence-corrected chi connectivity index (χ3v) is 3.40. The summed E-state index contributed by atoms with van der Waals surface area (Å²) in [6, 6.07) is 12.0. The summed E-state index contributed by atoms with van der Waals surface area (Å²) in [5, 5.41) is 24.5. The normalized spacial score (nSPS) is 10.6. The van der Waals surface area contributed by atoms with E-state index in [1.807, 2.05) is 30.3 Å². The molecule has 0 bridgehead atoms. The fraction of sp³-hybridized carbons (Fsp3) is 0.176. The topological polar surface area (TPSA) is 114 Å². The number of carbonyl (C=O) groups is 1. The molecule has 2 aromatic carbocycles. The molecule has 25 heavy (non-hydrogen) atoms. The van der Waals surface area contributed by atoms with Crippen LogP contribution in [-0.2, 0) is 11.2 Å². The highest BCUT2D eigenvalue weighted by atomic mass is 16.6. The Balaban J connectivity index is 2.00. The summed E-state index contributed by atoms with van der Waals surface area (Å²) in [4.78, 5) is 22.0. The lowest BCUT2D eigenvalue weighted by Gasteiger charge is -2.05. The summed E-state index contributed by atoms with van der Waals surface area (Å²) in [6.07, 6.45) is 1.94. The third kappa shape index (κ3) is 5.03. The van der Waals surface area contributed by atoms with Crippen LogP contribution in [0.25, 0.3) is 0 Å². The number of aryl methyl sites for hydroxylation is 1. The van der Waals surface area contributed by atoms with E-state index in [4.69, 9.17) is 4.74 Å². The highest BCUT2D eigenvalue weighted by molar-refractivity contribution is 5.87. The van der Waals surface area contributed by atoms with Gasteiger partial charge in [0.1, 0.15) is 5.75 Å². The number of nitro benzene ring substituents is 1. The van der Waals surface area contributed by atoms with Gasteiger partial charge in [-0.3, -0.25) is 14.9 Å². The zero-order chi connectivity index (χ0) is 18.2. The summed E-state index contributed by atoms with van der Waals surface area (Å²) in [5.74, 6) is -0.661. The summed E-state index contributed by atoms with van der Waals surface area (Å²) < 4.78 is 4.95. The van der Waals surface area contributed by atoms with Crippen LogP contribution < -0.4 is 10.2 Å². The van der Waals surface area contributed by atoms with Crippen LogP contribution in [0.4, 0.5) is 5.69 Å². The number of nitro groups is 1. The van der Waals surface area contributed by atoms with Gasteiger partial charge >= 0.3 is 5.69 Å². The monoisotopic (exact) mass is 343 g/mol.